The lowest BCUT2D eigenvalue weighted by atomic mass is 10.1. The molecule has 1 atom stereocenters. The Morgan fingerprint density at radius 1 is 1.43 bits per heavy atom. The van der Waals surface area contributed by atoms with Gasteiger partial charge in [0.2, 0.25) is 5.90 Å². The highest BCUT2D eigenvalue weighted by Gasteiger charge is 2.16. The van der Waals surface area contributed by atoms with Crippen LogP contribution in [-0.4, -0.2) is 18.5 Å². The number of ether oxygens (including phenoxy) is 1. The summed E-state index contributed by atoms with van der Waals surface area (Å²) in [6.07, 6.45) is 2.60. The molecule has 0 radical (unpaired) electrons. The van der Waals surface area contributed by atoms with Gasteiger partial charge in [0.1, 0.15) is 6.61 Å². The van der Waals surface area contributed by atoms with E-state index >= 15 is 0 Å². The molecule has 0 aromatic heterocycles. The summed E-state index contributed by atoms with van der Waals surface area (Å²) in [5.41, 5.74) is 1.30. The van der Waals surface area contributed by atoms with Gasteiger partial charge < -0.3 is 4.74 Å². The Bertz CT molecular complexity index is 343. The quantitative estimate of drug-likeness (QED) is 0.711. The molecule has 0 aliphatic carbocycles. The van der Waals surface area contributed by atoms with Crippen LogP contribution in [0.4, 0.5) is 0 Å². The van der Waals surface area contributed by atoms with Gasteiger partial charge in [-0.15, -0.1) is 0 Å². The summed E-state index contributed by atoms with van der Waals surface area (Å²) >= 11 is 0. The lowest BCUT2D eigenvalue weighted by molar-refractivity contribution is 0.318. The molecule has 1 aromatic rings. The first kappa shape index (κ1) is 9.00. The zero-order chi connectivity index (χ0) is 9.80. The molecule has 2 heteroatoms. The molecule has 0 amide bonds. The van der Waals surface area contributed by atoms with Gasteiger partial charge in [-0.3, -0.25) is 0 Å². The van der Waals surface area contributed by atoms with E-state index in [1.54, 1.807) is 6.08 Å². The van der Waals surface area contributed by atoms with Crippen molar-refractivity contribution in [2.24, 2.45) is 4.99 Å². The van der Waals surface area contributed by atoms with Crippen molar-refractivity contribution in [1.29, 1.82) is 0 Å². The largest absolute Gasteiger partial charge is 0.476 e. The van der Waals surface area contributed by atoms with E-state index in [9.17, 15) is 0 Å². The third-order valence-corrected chi connectivity index (χ3v) is 2.22. The molecule has 1 aromatic carbocycles. The first-order valence-corrected chi connectivity index (χ1v) is 4.75. The molecule has 0 N–H and O–H groups in total. The standard InChI is InChI=1S/C12H13NO/c1-2-12-13-11(9-14-12)8-10-6-4-3-5-7-10/h2-7,11H,1,8-9H2. The third-order valence-electron chi connectivity index (χ3n) is 2.22. The Hall–Kier alpha value is -1.57. The zero-order valence-corrected chi connectivity index (χ0v) is 8.02. The summed E-state index contributed by atoms with van der Waals surface area (Å²) in [6, 6.07) is 10.6. The van der Waals surface area contributed by atoms with Crippen molar-refractivity contribution < 1.29 is 4.74 Å². The fourth-order valence-electron chi connectivity index (χ4n) is 1.54. The van der Waals surface area contributed by atoms with Crippen molar-refractivity contribution in [3.8, 4) is 0 Å². The maximum absolute atomic E-state index is 5.32. The molecule has 1 unspecified atom stereocenters. The highest BCUT2D eigenvalue weighted by molar-refractivity contribution is 5.88. The molecule has 1 heterocycles. The summed E-state index contributed by atoms with van der Waals surface area (Å²) in [5.74, 6) is 0.672. The van der Waals surface area contributed by atoms with Gasteiger partial charge in [0.25, 0.3) is 0 Å². The molecule has 0 fully saturated rings. The Morgan fingerprint density at radius 3 is 2.86 bits per heavy atom. The molecule has 14 heavy (non-hydrogen) atoms. The second kappa shape index (κ2) is 4.09. The van der Waals surface area contributed by atoms with Gasteiger partial charge in [0, 0.05) is 0 Å². The van der Waals surface area contributed by atoms with E-state index in [1.807, 2.05) is 18.2 Å². The molecule has 1 aliphatic rings. The number of nitrogens with zero attached hydrogens (tertiary/aromatic N) is 1. The Labute approximate surface area is 83.9 Å². The summed E-state index contributed by atoms with van der Waals surface area (Å²) < 4.78 is 5.32. The van der Waals surface area contributed by atoms with Crippen LogP contribution >= 0.6 is 0 Å². The number of aliphatic imine (C=N–C) groups is 1. The van der Waals surface area contributed by atoms with Gasteiger partial charge >= 0.3 is 0 Å². The summed E-state index contributed by atoms with van der Waals surface area (Å²) in [5, 5.41) is 0. The van der Waals surface area contributed by atoms with E-state index in [4.69, 9.17) is 4.74 Å². The molecule has 1 aliphatic heterocycles. The maximum Gasteiger partial charge on any atom is 0.208 e. The van der Waals surface area contributed by atoms with Gasteiger partial charge in [0.05, 0.1) is 6.04 Å². The van der Waals surface area contributed by atoms with Crippen LogP contribution in [0.5, 0.6) is 0 Å². The van der Waals surface area contributed by atoms with E-state index in [1.165, 1.54) is 5.56 Å². The average molecular weight is 187 g/mol. The molecule has 0 saturated carbocycles. The number of hydrogen-bond acceptors (Lipinski definition) is 2. The van der Waals surface area contributed by atoms with Crippen LogP contribution in [0, 0.1) is 0 Å². The fourth-order valence-corrected chi connectivity index (χ4v) is 1.54. The zero-order valence-electron chi connectivity index (χ0n) is 8.02. The lowest BCUT2D eigenvalue weighted by Gasteiger charge is -2.03. The van der Waals surface area contributed by atoms with Crippen molar-refractivity contribution in [3.63, 3.8) is 0 Å². The van der Waals surface area contributed by atoms with Crippen molar-refractivity contribution >= 4 is 5.90 Å². The van der Waals surface area contributed by atoms with Crippen LogP contribution in [0.15, 0.2) is 48.0 Å². The normalized spacial score (nSPS) is 20.0. The molecule has 2 rings (SSSR count). The molecular formula is C12H13NO. The van der Waals surface area contributed by atoms with Crippen LogP contribution in [0.25, 0.3) is 0 Å². The highest BCUT2D eigenvalue weighted by atomic mass is 16.5. The molecular weight excluding hydrogens is 174 g/mol. The first-order valence-electron chi connectivity index (χ1n) is 4.75. The lowest BCUT2D eigenvalue weighted by Crippen LogP contribution is -2.09. The molecule has 0 bridgehead atoms. The van der Waals surface area contributed by atoms with E-state index in [-0.39, 0.29) is 6.04 Å². The van der Waals surface area contributed by atoms with Crippen LogP contribution < -0.4 is 0 Å². The second-order valence-corrected chi connectivity index (χ2v) is 3.33. The van der Waals surface area contributed by atoms with E-state index in [2.05, 4.69) is 23.7 Å². The van der Waals surface area contributed by atoms with Crippen LogP contribution in [0.3, 0.4) is 0 Å². The van der Waals surface area contributed by atoms with Gasteiger partial charge in [-0.2, -0.15) is 0 Å². The summed E-state index contributed by atoms with van der Waals surface area (Å²) in [7, 11) is 0. The van der Waals surface area contributed by atoms with Gasteiger partial charge in [-0.05, 0) is 18.1 Å². The van der Waals surface area contributed by atoms with Crippen molar-refractivity contribution in [3.05, 3.63) is 48.6 Å². The van der Waals surface area contributed by atoms with Gasteiger partial charge in [0.15, 0.2) is 0 Å². The number of rotatable bonds is 3. The van der Waals surface area contributed by atoms with Crippen LogP contribution in [0.1, 0.15) is 5.56 Å². The molecule has 0 spiro atoms. The Morgan fingerprint density at radius 2 is 2.21 bits per heavy atom. The predicted molar refractivity (Wildman–Crippen MR) is 57.5 cm³/mol. The highest BCUT2D eigenvalue weighted by Crippen LogP contribution is 2.11. The number of benzene rings is 1. The van der Waals surface area contributed by atoms with Gasteiger partial charge in [-0.25, -0.2) is 4.99 Å². The third kappa shape index (κ3) is 2.02. The average Bonchev–Trinajstić information content (AvgIpc) is 2.67. The van der Waals surface area contributed by atoms with Crippen molar-refractivity contribution in [2.75, 3.05) is 6.61 Å². The van der Waals surface area contributed by atoms with E-state index < -0.39 is 0 Å². The SMILES string of the molecule is C=CC1=NC(Cc2ccccc2)CO1. The topological polar surface area (TPSA) is 21.6 Å². The molecule has 0 saturated heterocycles. The minimum atomic E-state index is 0.255. The maximum atomic E-state index is 5.32. The van der Waals surface area contributed by atoms with E-state index in [0.29, 0.717) is 12.5 Å². The summed E-state index contributed by atoms with van der Waals surface area (Å²) in [6.45, 7) is 4.31. The van der Waals surface area contributed by atoms with Crippen molar-refractivity contribution in [1.82, 2.24) is 0 Å². The molecule has 2 nitrogen and oxygen atoms in total. The van der Waals surface area contributed by atoms with Crippen molar-refractivity contribution in [2.45, 2.75) is 12.5 Å². The Balaban J connectivity index is 2.00. The van der Waals surface area contributed by atoms with Crippen LogP contribution in [0.2, 0.25) is 0 Å². The number of hydrogen-bond donors (Lipinski definition) is 0. The Kier molecular flexibility index (Phi) is 2.63. The minimum Gasteiger partial charge on any atom is -0.476 e. The van der Waals surface area contributed by atoms with E-state index in [0.717, 1.165) is 6.42 Å². The summed E-state index contributed by atoms with van der Waals surface area (Å²) in [4.78, 5) is 4.38. The predicted octanol–water partition coefficient (Wildman–Crippen LogP) is 2.21. The molecule has 72 valence electrons. The first-order chi connectivity index (χ1) is 6.88. The smallest absolute Gasteiger partial charge is 0.208 e. The monoisotopic (exact) mass is 187 g/mol. The van der Waals surface area contributed by atoms with Gasteiger partial charge in [-0.1, -0.05) is 36.9 Å². The fraction of sp³-hybridized carbons (Fsp3) is 0.250. The minimum absolute atomic E-state index is 0.255. The van der Waals surface area contributed by atoms with Crippen LogP contribution in [-0.2, 0) is 11.2 Å². The second-order valence-electron chi connectivity index (χ2n) is 3.33.